The number of esters is 1. The third-order valence-electron chi connectivity index (χ3n) is 1.25. The summed E-state index contributed by atoms with van der Waals surface area (Å²) in [6.07, 6.45) is -4.99. The molecular weight excluding hydrogens is 203 g/mol. The smallest absolute Gasteiger partial charge is 0.464 e. The highest BCUT2D eigenvalue weighted by Crippen LogP contribution is 2.14. The summed E-state index contributed by atoms with van der Waals surface area (Å²) in [5, 5.41) is 1.47. The standard InChI is InChI=1S/C7H10F3NO3/c1-3-14-5(12)4(2)11-6(13)7(8,9)10/h4H,3H2,1-2H3,(H,11,13)/t4-/m0/s1. The Morgan fingerprint density at radius 2 is 1.93 bits per heavy atom. The molecule has 0 aromatic carbocycles. The predicted molar refractivity (Wildman–Crippen MR) is 40.3 cm³/mol. The Balaban J connectivity index is 4.13. The molecule has 0 aromatic heterocycles. The number of ether oxygens (including phenoxy) is 1. The summed E-state index contributed by atoms with van der Waals surface area (Å²) < 4.78 is 39.5. The van der Waals surface area contributed by atoms with Gasteiger partial charge in [0.2, 0.25) is 0 Å². The molecule has 4 nitrogen and oxygen atoms in total. The maximum atomic E-state index is 11.7. The van der Waals surface area contributed by atoms with Gasteiger partial charge in [-0.3, -0.25) is 4.79 Å². The predicted octanol–water partition coefficient (Wildman–Crippen LogP) is 0.616. The van der Waals surface area contributed by atoms with Crippen molar-refractivity contribution in [2.75, 3.05) is 6.61 Å². The lowest BCUT2D eigenvalue weighted by Gasteiger charge is -2.13. The Kier molecular flexibility index (Phi) is 4.39. The van der Waals surface area contributed by atoms with Crippen LogP contribution in [-0.2, 0) is 14.3 Å². The zero-order valence-corrected chi connectivity index (χ0v) is 7.64. The number of amides is 1. The molecule has 0 unspecified atom stereocenters. The van der Waals surface area contributed by atoms with Gasteiger partial charge in [-0.2, -0.15) is 13.2 Å². The second-order valence-electron chi connectivity index (χ2n) is 2.44. The van der Waals surface area contributed by atoms with Crippen LogP contribution in [0.15, 0.2) is 0 Å². The van der Waals surface area contributed by atoms with Crippen LogP contribution in [0.4, 0.5) is 13.2 Å². The Labute approximate surface area is 78.4 Å². The Morgan fingerprint density at radius 1 is 1.43 bits per heavy atom. The van der Waals surface area contributed by atoms with Gasteiger partial charge in [-0.25, -0.2) is 4.79 Å². The molecule has 1 amide bonds. The molecule has 0 saturated heterocycles. The van der Waals surface area contributed by atoms with Crippen molar-refractivity contribution in [2.45, 2.75) is 26.1 Å². The molecule has 1 N–H and O–H groups in total. The molecule has 0 aliphatic carbocycles. The van der Waals surface area contributed by atoms with Crippen LogP contribution in [0, 0.1) is 0 Å². The van der Waals surface area contributed by atoms with Gasteiger partial charge >= 0.3 is 18.1 Å². The molecule has 0 spiro atoms. The molecule has 0 rings (SSSR count). The van der Waals surface area contributed by atoms with E-state index in [1.165, 1.54) is 12.2 Å². The van der Waals surface area contributed by atoms with E-state index in [2.05, 4.69) is 4.74 Å². The van der Waals surface area contributed by atoms with Gasteiger partial charge in [-0.05, 0) is 13.8 Å². The fraction of sp³-hybridized carbons (Fsp3) is 0.714. The quantitative estimate of drug-likeness (QED) is 0.699. The van der Waals surface area contributed by atoms with Gasteiger partial charge in [0, 0.05) is 0 Å². The number of rotatable bonds is 3. The van der Waals surface area contributed by atoms with Crippen molar-refractivity contribution in [3.63, 3.8) is 0 Å². The first kappa shape index (κ1) is 12.7. The van der Waals surface area contributed by atoms with Crippen molar-refractivity contribution in [1.82, 2.24) is 5.32 Å². The van der Waals surface area contributed by atoms with Crippen LogP contribution in [-0.4, -0.2) is 30.7 Å². The van der Waals surface area contributed by atoms with Gasteiger partial charge in [0.25, 0.3) is 0 Å². The minimum absolute atomic E-state index is 0.0467. The number of hydrogen-bond donors (Lipinski definition) is 1. The summed E-state index contributed by atoms with van der Waals surface area (Å²) in [6, 6.07) is -1.30. The van der Waals surface area contributed by atoms with Crippen LogP contribution in [0.25, 0.3) is 0 Å². The molecule has 0 fully saturated rings. The third kappa shape index (κ3) is 4.11. The minimum atomic E-state index is -4.99. The van der Waals surface area contributed by atoms with E-state index in [0.29, 0.717) is 0 Å². The molecule has 1 atom stereocenters. The summed E-state index contributed by atoms with van der Waals surface area (Å²) in [6.45, 7) is 2.67. The molecule has 82 valence electrons. The van der Waals surface area contributed by atoms with E-state index in [-0.39, 0.29) is 6.61 Å². The summed E-state index contributed by atoms with van der Waals surface area (Å²) in [5.74, 6) is -3.05. The van der Waals surface area contributed by atoms with Gasteiger partial charge in [0.15, 0.2) is 0 Å². The number of carbonyl (C=O) groups excluding carboxylic acids is 2. The molecule has 0 aliphatic heterocycles. The zero-order chi connectivity index (χ0) is 11.4. The van der Waals surface area contributed by atoms with E-state index < -0.39 is 24.1 Å². The highest BCUT2D eigenvalue weighted by atomic mass is 19.4. The first-order chi connectivity index (χ1) is 6.29. The van der Waals surface area contributed by atoms with Crippen LogP contribution >= 0.6 is 0 Å². The van der Waals surface area contributed by atoms with Crippen molar-refractivity contribution in [1.29, 1.82) is 0 Å². The number of nitrogens with one attached hydrogen (secondary N) is 1. The molecule has 0 saturated carbocycles. The highest BCUT2D eigenvalue weighted by molar-refractivity contribution is 5.87. The summed E-state index contributed by atoms with van der Waals surface area (Å²) >= 11 is 0. The maximum absolute atomic E-state index is 11.7. The van der Waals surface area contributed by atoms with Crippen molar-refractivity contribution < 1.29 is 27.5 Å². The average Bonchev–Trinajstić information content (AvgIpc) is 2.02. The van der Waals surface area contributed by atoms with Crippen LogP contribution in [0.1, 0.15) is 13.8 Å². The lowest BCUT2D eigenvalue weighted by molar-refractivity contribution is -0.175. The first-order valence-electron chi connectivity index (χ1n) is 3.83. The van der Waals surface area contributed by atoms with Crippen LogP contribution < -0.4 is 5.32 Å². The van der Waals surface area contributed by atoms with Crippen LogP contribution in [0.2, 0.25) is 0 Å². The second-order valence-corrected chi connectivity index (χ2v) is 2.44. The molecule has 0 heterocycles. The molecule has 0 bridgehead atoms. The largest absolute Gasteiger partial charge is 0.471 e. The Hall–Kier alpha value is -1.27. The minimum Gasteiger partial charge on any atom is -0.464 e. The van der Waals surface area contributed by atoms with Gasteiger partial charge < -0.3 is 10.1 Å². The van der Waals surface area contributed by atoms with E-state index in [1.807, 2.05) is 0 Å². The Bertz CT molecular complexity index is 227. The topological polar surface area (TPSA) is 55.4 Å². The van der Waals surface area contributed by atoms with Gasteiger partial charge in [-0.15, -0.1) is 0 Å². The van der Waals surface area contributed by atoms with Crippen molar-refractivity contribution in [3.05, 3.63) is 0 Å². The van der Waals surface area contributed by atoms with E-state index in [9.17, 15) is 22.8 Å². The van der Waals surface area contributed by atoms with E-state index >= 15 is 0 Å². The Morgan fingerprint density at radius 3 is 2.29 bits per heavy atom. The molecule has 0 radical (unpaired) electrons. The van der Waals surface area contributed by atoms with Gasteiger partial charge in [0.05, 0.1) is 6.61 Å². The fourth-order valence-electron chi connectivity index (χ4n) is 0.605. The van der Waals surface area contributed by atoms with Crippen LogP contribution in [0.5, 0.6) is 0 Å². The second kappa shape index (κ2) is 4.83. The van der Waals surface area contributed by atoms with E-state index in [1.54, 1.807) is 0 Å². The van der Waals surface area contributed by atoms with Crippen molar-refractivity contribution in [2.24, 2.45) is 0 Å². The lowest BCUT2D eigenvalue weighted by atomic mass is 10.3. The van der Waals surface area contributed by atoms with Gasteiger partial charge in [-0.1, -0.05) is 0 Å². The lowest BCUT2D eigenvalue weighted by Crippen LogP contribution is -2.45. The summed E-state index contributed by atoms with van der Waals surface area (Å²) in [5.41, 5.74) is 0. The molecule has 0 aliphatic rings. The van der Waals surface area contributed by atoms with Crippen LogP contribution in [0.3, 0.4) is 0 Å². The summed E-state index contributed by atoms with van der Waals surface area (Å²) in [7, 11) is 0. The van der Waals surface area contributed by atoms with Crippen molar-refractivity contribution in [3.8, 4) is 0 Å². The molecule has 7 heteroatoms. The van der Waals surface area contributed by atoms with E-state index in [4.69, 9.17) is 0 Å². The maximum Gasteiger partial charge on any atom is 0.471 e. The molecular formula is C7H10F3NO3. The fourth-order valence-corrected chi connectivity index (χ4v) is 0.605. The number of hydrogen-bond acceptors (Lipinski definition) is 3. The average molecular weight is 213 g/mol. The zero-order valence-electron chi connectivity index (χ0n) is 7.64. The normalized spacial score (nSPS) is 13.2. The third-order valence-corrected chi connectivity index (χ3v) is 1.25. The van der Waals surface area contributed by atoms with Gasteiger partial charge in [0.1, 0.15) is 6.04 Å². The molecule has 0 aromatic rings. The molecule has 14 heavy (non-hydrogen) atoms. The number of carbonyl (C=O) groups is 2. The summed E-state index contributed by atoms with van der Waals surface area (Å²) in [4.78, 5) is 21.1. The monoisotopic (exact) mass is 213 g/mol. The number of halogens is 3. The van der Waals surface area contributed by atoms with Crippen molar-refractivity contribution >= 4 is 11.9 Å². The number of alkyl halides is 3. The first-order valence-corrected chi connectivity index (χ1v) is 3.83. The van der Waals surface area contributed by atoms with E-state index in [0.717, 1.165) is 6.92 Å². The highest BCUT2D eigenvalue weighted by Gasteiger charge is 2.40. The SMILES string of the molecule is CCOC(=O)[C@H](C)NC(=O)C(F)(F)F.